The highest BCUT2D eigenvalue weighted by molar-refractivity contribution is 9.10. The summed E-state index contributed by atoms with van der Waals surface area (Å²) in [5, 5.41) is 0.822. The number of fused-ring (bicyclic) bond motifs is 1. The van der Waals surface area contributed by atoms with Gasteiger partial charge >= 0.3 is 5.97 Å². The van der Waals surface area contributed by atoms with Crippen molar-refractivity contribution in [3.8, 4) is 11.4 Å². The fourth-order valence-electron chi connectivity index (χ4n) is 4.04. The molecule has 1 aromatic heterocycles. The van der Waals surface area contributed by atoms with Gasteiger partial charge in [-0.2, -0.15) is 0 Å². The lowest BCUT2D eigenvalue weighted by molar-refractivity contribution is 0.0329. The highest BCUT2D eigenvalue weighted by Gasteiger charge is 2.27. The van der Waals surface area contributed by atoms with Gasteiger partial charge in [0.05, 0.1) is 48.2 Å². The number of benzene rings is 2. The number of carbonyl (C=O) groups excluding carboxylic acids is 1. The van der Waals surface area contributed by atoms with E-state index in [0.29, 0.717) is 37.7 Å². The number of nitrogens with zero attached hydrogens (tertiary/aromatic N) is 2. The van der Waals surface area contributed by atoms with E-state index in [0.717, 1.165) is 39.8 Å². The van der Waals surface area contributed by atoms with E-state index in [1.807, 2.05) is 19.1 Å². The first-order valence-corrected chi connectivity index (χ1v) is 11.3. The standard InChI is InChI=1S/C24H27BrN2O4/c1-4-31-24(28)23-18-13-22(29-3)19(25)14-20(18)27(17-7-5-16(2)6-8-17)21(23)15-26-9-11-30-12-10-26/h5-8,13-14H,4,9-12,15H2,1-3H3. The molecule has 1 saturated heterocycles. The summed E-state index contributed by atoms with van der Waals surface area (Å²) >= 11 is 3.61. The Bertz CT molecular complexity index is 1090. The lowest BCUT2D eigenvalue weighted by Crippen LogP contribution is -2.36. The molecule has 0 unspecified atom stereocenters. The topological polar surface area (TPSA) is 52.9 Å². The molecule has 0 amide bonds. The van der Waals surface area contributed by atoms with Gasteiger partial charge in [-0.15, -0.1) is 0 Å². The second-order valence-corrected chi connectivity index (χ2v) is 8.46. The molecule has 3 aromatic rings. The SMILES string of the molecule is CCOC(=O)c1c(CN2CCOCC2)n(-c2ccc(C)cc2)c2cc(Br)c(OC)cc12. The molecule has 1 aliphatic rings. The molecule has 1 aliphatic heterocycles. The van der Waals surface area contributed by atoms with Crippen LogP contribution in [0.25, 0.3) is 16.6 Å². The van der Waals surface area contributed by atoms with Crippen LogP contribution < -0.4 is 4.74 Å². The van der Waals surface area contributed by atoms with E-state index in [-0.39, 0.29) is 5.97 Å². The number of ether oxygens (including phenoxy) is 3. The summed E-state index contributed by atoms with van der Waals surface area (Å²) in [4.78, 5) is 15.5. The van der Waals surface area contributed by atoms with Crippen LogP contribution in [0.4, 0.5) is 0 Å². The number of hydrogen-bond acceptors (Lipinski definition) is 5. The van der Waals surface area contributed by atoms with Gasteiger partial charge in [-0.1, -0.05) is 17.7 Å². The molecule has 0 N–H and O–H groups in total. The molecule has 2 aromatic carbocycles. The second kappa shape index (κ2) is 9.42. The first kappa shape index (κ1) is 21.9. The molecule has 6 nitrogen and oxygen atoms in total. The maximum atomic E-state index is 13.2. The largest absolute Gasteiger partial charge is 0.496 e. The predicted molar refractivity (Wildman–Crippen MR) is 124 cm³/mol. The summed E-state index contributed by atoms with van der Waals surface area (Å²) in [6.07, 6.45) is 0. The van der Waals surface area contributed by atoms with Crippen molar-refractivity contribution in [1.29, 1.82) is 0 Å². The number of aromatic nitrogens is 1. The van der Waals surface area contributed by atoms with Gasteiger partial charge in [0, 0.05) is 30.7 Å². The Kier molecular flexibility index (Phi) is 6.65. The average molecular weight is 487 g/mol. The van der Waals surface area contributed by atoms with Crippen molar-refractivity contribution in [3.63, 3.8) is 0 Å². The van der Waals surface area contributed by atoms with Gasteiger partial charge in [0.25, 0.3) is 0 Å². The Morgan fingerprint density at radius 1 is 1.16 bits per heavy atom. The Labute approximate surface area is 190 Å². The van der Waals surface area contributed by atoms with Gasteiger partial charge in [-0.25, -0.2) is 4.79 Å². The third-order valence-electron chi connectivity index (χ3n) is 5.59. The molecule has 0 aliphatic carbocycles. The van der Waals surface area contributed by atoms with Crippen molar-refractivity contribution in [1.82, 2.24) is 9.47 Å². The van der Waals surface area contributed by atoms with Gasteiger partial charge in [-0.3, -0.25) is 4.90 Å². The molecule has 4 rings (SSSR count). The van der Waals surface area contributed by atoms with E-state index in [1.54, 1.807) is 7.11 Å². The summed E-state index contributed by atoms with van der Waals surface area (Å²) in [5.41, 5.74) is 4.63. The molecular weight excluding hydrogens is 460 g/mol. The lowest BCUT2D eigenvalue weighted by Gasteiger charge is -2.27. The zero-order chi connectivity index (χ0) is 22.0. The van der Waals surface area contributed by atoms with Crippen LogP contribution in [0.15, 0.2) is 40.9 Å². The molecule has 31 heavy (non-hydrogen) atoms. The molecule has 164 valence electrons. The lowest BCUT2D eigenvalue weighted by atomic mass is 10.1. The fraction of sp³-hybridized carbons (Fsp3) is 0.375. The van der Waals surface area contributed by atoms with E-state index in [4.69, 9.17) is 14.2 Å². The molecule has 0 saturated carbocycles. The fourth-order valence-corrected chi connectivity index (χ4v) is 4.53. The van der Waals surface area contributed by atoms with Crippen LogP contribution in [-0.2, 0) is 16.0 Å². The van der Waals surface area contributed by atoms with Crippen molar-refractivity contribution >= 4 is 32.8 Å². The Hall–Kier alpha value is -2.35. The van der Waals surface area contributed by atoms with Gasteiger partial charge in [0.15, 0.2) is 0 Å². The maximum absolute atomic E-state index is 13.2. The van der Waals surface area contributed by atoms with Gasteiger partial charge < -0.3 is 18.8 Å². The van der Waals surface area contributed by atoms with Crippen LogP contribution in [0.5, 0.6) is 5.75 Å². The predicted octanol–water partition coefficient (Wildman–Crippen LogP) is 4.72. The summed E-state index contributed by atoms with van der Waals surface area (Å²) < 4.78 is 19.5. The average Bonchev–Trinajstić information content (AvgIpc) is 3.07. The third-order valence-corrected chi connectivity index (χ3v) is 6.21. The molecule has 0 atom stereocenters. The van der Waals surface area contributed by atoms with Crippen molar-refractivity contribution < 1.29 is 19.0 Å². The zero-order valence-corrected chi connectivity index (χ0v) is 19.7. The van der Waals surface area contributed by atoms with Crippen LogP contribution >= 0.6 is 15.9 Å². The van der Waals surface area contributed by atoms with Gasteiger partial charge in [-0.05, 0) is 54.0 Å². The molecule has 1 fully saturated rings. The second-order valence-electron chi connectivity index (χ2n) is 7.61. The maximum Gasteiger partial charge on any atom is 0.340 e. The van der Waals surface area contributed by atoms with Crippen LogP contribution in [0.2, 0.25) is 0 Å². The Morgan fingerprint density at radius 3 is 2.52 bits per heavy atom. The van der Waals surface area contributed by atoms with Crippen LogP contribution in [0, 0.1) is 6.92 Å². The van der Waals surface area contributed by atoms with Crippen LogP contribution in [0.1, 0.15) is 28.5 Å². The van der Waals surface area contributed by atoms with Crippen molar-refractivity contribution in [3.05, 3.63) is 57.7 Å². The number of rotatable bonds is 6. The Morgan fingerprint density at radius 2 is 1.87 bits per heavy atom. The molecule has 0 radical (unpaired) electrons. The number of methoxy groups -OCH3 is 1. The van der Waals surface area contributed by atoms with E-state index in [1.165, 1.54) is 5.56 Å². The van der Waals surface area contributed by atoms with Gasteiger partial charge in [0.1, 0.15) is 5.75 Å². The molecule has 2 heterocycles. The quantitative estimate of drug-likeness (QED) is 0.471. The number of esters is 1. The molecule has 0 bridgehead atoms. The third kappa shape index (κ3) is 4.35. The van der Waals surface area contributed by atoms with E-state index in [2.05, 4.69) is 56.6 Å². The summed E-state index contributed by atoms with van der Waals surface area (Å²) in [6.45, 7) is 7.88. The number of hydrogen-bond donors (Lipinski definition) is 0. The zero-order valence-electron chi connectivity index (χ0n) is 18.1. The number of carbonyl (C=O) groups is 1. The van der Waals surface area contributed by atoms with Crippen LogP contribution in [-0.4, -0.2) is 55.5 Å². The summed E-state index contributed by atoms with van der Waals surface area (Å²) in [5.74, 6) is 0.364. The highest BCUT2D eigenvalue weighted by atomic mass is 79.9. The van der Waals surface area contributed by atoms with Crippen molar-refractivity contribution in [2.45, 2.75) is 20.4 Å². The smallest absolute Gasteiger partial charge is 0.340 e. The van der Waals surface area contributed by atoms with Crippen molar-refractivity contribution in [2.24, 2.45) is 0 Å². The Balaban J connectivity index is 2.00. The molecule has 0 spiro atoms. The van der Waals surface area contributed by atoms with E-state index in [9.17, 15) is 4.79 Å². The molecular formula is C24H27BrN2O4. The first-order chi connectivity index (χ1) is 15.0. The minimum atomic E-state index is -0.314. The normalized spacial score (nSPS) is 14.7. The number of aryl methyl sites for hydroxylation is 1. The highest BCUT2D eigenvalue weighted by Crippen LogP contribution is 2.37. The van der Waals surface area contributed by atoms with Gasteiger partial charge in [0.2, 0.25) is 0 Å². The van der Waals surface area contributed by atoms with Crippen LogP contribution in [0.3, 0.4) is 0 Å². The minimum absolute atomic E-state index is 0.314. The summed E-state index contributed by atoms with van der Waals surface area (Å²) in [6, 6.07) is 12.3. The minimum Gasteiger partial charge on any atom is -0.496 e. The molecule has 7 heteroatoms. The summed E-state index contributed by atoms with van der Waals surface area (Å²) in [7, 11) is 1.63. The monoisotopic (exact) mass is 486 g/mol. The first-order valence-electron chi connectivity index (χ1n) is 10.5. The van der Waals surface area contributed by atoms with Crippen molar-refractivity contribution in [2.75, 3.05) is 40.0 Å². The number of morpholine rings is 1. The van der Waals surface area contributed by atoms with E-state index < -0.39 is 0 Å². The number of halogens is 1. The van der Waals surface area contributed by atoms with E-state index >= 15 is 0 Å².